The molecule has 0 aromatic rings. The molecule has 0 aromatic heterocycles. The summed E-state index contributed by atoms with van der Waals surface area (Å²) in [6, 6.07) is 0. The summed E-state index contributed by atoms with van der Waals surface area (Å²) in [5, 5.41) is 8.50. The molecule has 6 heteroatoms. The van der Waals surface area contributed by atoms with Crippen molar-refractivity contribution < 1.29 is 45.3 Å². The molecule has 0 amide bonds. The van der Waals surface area contributed by atoms with Gasteiger partial charge in [0.05, 0.1) is 7.11 Å². The van der Waals surface area contributed by atoms with Gasteiger partial charge in [-0.25, -0.2) is 4.79 Å². The minimum absolute atomic E-state index is 0. The molecule has 84 valence electrons. The number of rotatable bonds is 3. The molecule has 0 radical (unpaired) electrons. The van der Waals surface area contributed by atoms with Gasteiger partial charge in [0, 0.05) is 32.9 Å². The molecule has 2 atom stereocenters. The van der Waals surface area contributed by atoms with E-state index in [1.165, 1.54) is 7.11 Å². The molecule has 1 N–H and O–H groups in total. The summed E-state index contributed by atoms with van der Waals surface area (Å²) in [6.07, 6.45) is 2.49. The minimum atomic E-state index is -1.49. The molecule has 1 aliphatic rings. The average molecular weight is 383 g/mol. The van der Waals surface area contributed by atoms with Gasteiger partial charge in [0.1, 0.15) is 0 Å². The van der Waals surface area contributed by atoms with Crippen LogP contribution in [0.4, 0.5) is 0 Å². The van der Waals surface area contributed by atoms with Gasteiger partial charge < -0.3 is 16.3 Å². The molecular weight excluding hydrogens is 372 g/mol. The van der Waals surface area contributed by atoms with Crippen LogP contribution in [0.3, 0.4) is 0 Å². The summed E-state index contributed by atoms with van der Waals surface area (Å²) in [4.78, 5) is 32.7. The molecule has 15 heavy (non-hydrogen) atoms. The topological polar surface area (TPSA) is 80.7 Å². The van der Waals surface area contributed by atoms with Gasteiger partial charge in [-0.3, -0.25) is 9.59 Å². The average Bonchev–Trinajstić information content (AvgIpc) is 2.63. The first-order valence-electron chi connectivity index (χ1n) is 4.24. The van der Waals surface area contributed by atoms with Crippen molar-refractivity contribution >= 4 is 17.7 Å². The molecule has 5 nitrogen and oxygen atoms in total. The van der Waals surface area contributed by atoms with Crippen LogP contribution in [0.25, 0.3) is 0 Å². The fraction of sp³-hybridized carbons (Fsp3) is 0.556. The van der Waals surface area contributed by atoms with E-state index in [0.717, 1.165) is 0 Å². The molecule has 0 spiro atoms. The van der Waals surface area contributed by atoms with Gasteiger partial charge in [0.25, 0.3) is 0 Å². The number of methoxy groups -OCH3 is 1. The summed E-state index contributed by atoms with van der Waals surface area (Å²) >= 11 is 0. The Morgan fingerprint density at radius 1 is 1.27 bits per heavy atom. The molecule has 0 saturated heterocycles. The Morgan fingerprint density at radius 2 is 1.80 bits per heavy atom. The first kappa shape index (κ1) is 14.3. The molecule has 2 unspecified atom stereocenters. The molecule has 0 aliphatic heterocycles. The third kappa shape index (κ3) is 3.13. The third-order valence-corrected chi connectivity index (χ3v) is 2.38. The molecule has 0 bridgehead atoms. The van der Waals surface area contributed by atoms with Crippen molar-refractivity contribution in [3.05, 3.63) is 6.42 Å². The number of hydrogen-bond acceptors (Lipinski definition) is 4. The predicted octanol–water partition coefficient (Wildman–Crippen LogP) is 0.0411. The summed E-state index contributed by atoms with van der Waals surface area (Å²) in [5.41, 5.74) is 0. The first-order chi connectivity index (χ1) is 6.57. The Morgan fingerprint density at radius 3 is 2.27 bits per heavy atom. The number of esters is 1. The minimum Gasteiger partial charge on any atom is -0.475 e. The number of aliphatic carboxylic acids is 1. The Labute approximate surface area is 101 Å². The van der Waals surface area contributed by atoms with Crippen LogP contribution in [-0.4, -0.2) is 29.9 Å². The van der Waals surface area contributed by atoms with Gasteiger partial charge in [-0.15, -0.1) is 0 Å². The van der Waals surface area contributed by atoms with Crippen LogP contribution in [0.2, 0.25) is 0 Å². The molecule has 0 heterocycles. The smallest absolute Gasteiger partial charge is 0.372 e. The first-order valence-corrected chi connectivity index (χ1v) is 4.24. The van der Waals surface area contributed by atoms with Crippen molar-refractivity contribution in [2.24, 2.45) is 11.8 Å². The van der Waals surface area contributed by atoms with Crippen LogP contribution in [0.5, 0.6) is 0 Å². The number of carboxylic acids is 1. The van der Waals surface area contributed by atoms with Crippen molar-refractivity contribution in [3.8, 4) is 0 Å². The fourth-order valence-electron chi connectivity index (χ4n) is 1.64. The number of carboxylic acid groups (broad SMARTS) is 1. The van der Waals surface area contributed by atoms with Gasteiger partial charge in [0.2, 0.25) is 5.78 Å². The van der Waals surface area contributed by atoms with E-state index in [1.54, 1.807) is 6.42 Å². The quantitative estimate of drug-likeness (QED) is 0.423. The van der Waals surface area contributed by atoms with Gasteiger partial charge >= 0.3 is 11.9 Å². The van der Waals surface area contributed by atoms with Crippen molar-refractivity contribution in [1.29, 1.82) is 0 Å². The molecule has 1 aliphatic carbocycles. The summed E-state index contributed by atoms with van der Waals surface area (Å²) in [6.45, 7) is 0. The van der Waals surface area contributed by atoms with E-state index >= 15 is 0 Å². The summed E-state index contributed by atoms with van der Waals surface area (Å²) in [7, 11) is 1.23. The Balaban J connectivity index is 0.00000196. The number of carbonyl (C=O) groups is 3. The van der Waals surface area contributed by atoms with Gasteiger partial charge in [-0.2, -0.15) is 12.8 Å². The van der Waals surface area contributed by atoms with Gasteiger partial charge in [-0.1, -0.05) is 0 Å². The largest absolute Gasteiger partial charge is 0.475 e. The number of ketones is 1. The van der Waals surface area contributed by atoms with Crippen LogP contribution in [0.15, 0.2) is 0 Å². The maximum absolute atomic E-state index is 11.2. The number of carbonyl (C=O) groups excluding carboxylic acids is 2. The SMILES string of the molecule is COC(=O)C1C[CH-]CC1C(=O)C(=O)O.[W]. The van der Waals surface area contributed by atoms with Crippen LogP contribution in [0.1, 0.15) is 12.8 Å². The van der Waals surface area contributed by atoms with Crippen LogP contribution >= 0.6 is 0 Å². The van der Waals surface area contributed by atoms with Crippen LogP contribution in [0, 0.1) is 18.3 Å². The summed E-state index contributed by atoms with van der Waals surface area (Å²) < 4.78 is 4.49. The monoisotopic (exact) mass is 383 g/mol. The Bertz CT molecular complexity index is 276. The van der Waals surface area contributed by atoms with Crippen molar-refractivity contribution in [2.75, 3.05) is 7.11 Å². The molecule has 0 aromatic carbocycles. The zero-order valence-corrected chi connectivity index (χ0v) is 11.1. The number of ether oxygens (including phenoxy) is 1. The van der Waals surface area contributed by atoms with E-state index in [9.17, 15) is 14.4 Å². The zero-order chi connectivity index (χ0) is 10.7. The standard InChI is InChI=1S/C9H11O5.W/c1-14-9(13)6-4-2-3-5(6)7(10)8(11)12;/h2,5-6H,3-4H2,1H3,(H,11,12);/q-1;. The second-order valence-electron chi connectivity index (χ2n) is 3.17. The normalized spacial score (nSPS) is 24.1. The summed E-state index contributed by atoms with van der Waals surface area (Å²) in [5.74, 6) is -4.28. The number of Topliss-reactive ketones (excluding diaryl/α,β-unsaturated/α-hetero) is 1. The third-order valence-electron chi connectivity index (χ3n) is 2.38. The maximum Gasteiger partial charge on any atom is 0.372 e. The van der Waals surface area contributed by atoms with E-state index < -0.39 is 29.6 Å². The Kier molecular flexibility index (Phi) is 5.73. The van der Waals surface area contributed by atoms with E-state index in [1.807, 2.05) is 0 Å². The van der Waals surface area contributed by atoms with Crippen molar-refractivity contribution in [2.45, 2.75) is 12.8 Å². The predicted molar refractivity (Wildman–Crippen MR) is 45.2 cm³/mol. The maximum atomic E-state index is 11.2. The van der Waals surface area contributed by atoms with E-state index in [4.69, 9.17) is 5.11 Å². The van der Waals surface area contributed by atoms with Crippen LogP contribution in [-0.2, 0) is 40.2 Å². The van der Waals surface area contributed by atoms with E-state index in [2.05, 4.69) is 4.74 Å². The van der Waals surface area contributed by atoms with Crippen molar-refractivity contribution in [1.82, 2.24) is 0 Å². The van der Waals surface area contributed by atoms with E-state index in [-0.39, 0.29) is 21.1 Å². The second kappa shape index (κ2) is 6.01. The zero-order valence-electron chi connectivity index (χ0n) is 8.13. The van der Waals surface area contributed by atoms with Gasteiger partial charge in [0.15, 0.2) is 0 Å². The Hall–Kier alpha value is -0.702. The van der Waals surface area contributed by atoms with E-state index in [0.29, 0.717) is 12.8 Å². The second-order valence-corrected chi connectivity index (χ2v) is 3.17. The van der Waals surface area contributed by atoms with Crippen LogP contribution < -0.4 is 0 Å². The fourth-order valence-corrected chi connectivity index (χ4v) is 1.64. The number of hydrogen-bond donors (Lipinski definition) is 1. The van der Waals surface area contributed by atoms with Crippen molar-refractivity contribution in [3.63, 3.8) is 0 Å². The molecule has 1 rings (SSSR count). The molecular formula is C9H11O5W-. The van der Waals surface area contributed by atoms with Gasteiger partial charge in [-0.05, 0) is 0 Å². The molecule has 1 saturated carbocycles. The molecule has 1 fully saturated rings.